The quantitative estimate of drug-likeness (QED) is 0.757. The Bertz CT molecular complexity index is 953. The van der Waals surface area contributed by atoms with E-state index in [2.05, 4.69) is 18.3 Å². The fourth-order valence-corrected chi connectivity index (χ4v) is 4.76. The normalized spacial score (nSPS) is 19.3. The SMILES string of the molecule is COc1ccccc1CNC(=O)CN1CCc2ccccc2C1C(=O)N1CCC(C)CC1. The first-order valence-electron chi connectivity index (χ1n) is 11.6. The molecule has 2 amide bonds. The van der Waals surface area contributed by atoms with E-state index in [9.17, 15) is 9.59 Å². The van der Waals surface area contributed by atoms with E-state index in [0.29, 0.717) is 19.0 Å². The molecule has 1 unspecified atom stereocenters. The van der Waals surface area contributed by atoms with Gasteiger partial charge in [0.05, 0.1) is 13.7 Å². The number of piperidine rings is 1. The van der Waals surface area contributed by atoms with Crippen LogP contribution in [0.15, 0.2) is 48.5 Å². The van der Waals surface area contributed by atoms with Crippen molar-refractivity contribution in [1.82, 2.24) is 15.1 Å². The molecule has 0 aliphatic carbocycles. The van der Waals surface area contributed by atoms with Crippen LogP contribution in [0.2, 0.25) is 0 Å². The number of likely N-dealkylation sites (tertiary alicyclic amines) is 1. The number of carbonyl (C=O) groups excluding carboxylic acids is 2. The first-order valence-corrected chi connectivity index (χ1v) is 11.6. The van der Waals surface area contributed by atoms with Crippen LogP contribution in [0, 0.1) is 5.92 Å². The van der Waals surface area contributed by atoms with Gasteiger partial charge in [0.1, 0.15) is 11.8 Å². The molecule has 2 aliphatic heterocycles. The molecule has 2 aromatic carbocycles. The maximum absolute atomic E-state index is 13.6. The van der Waals surface area contributed by atoms with Gasteiger partial charge in [0.2, 0.25) is 11.8 Å². The van der Waals surface area contributed by atoms with Crippen LogP contribution in [-0.2, 0) is 22.6 Å². The Labute approximate surface area is 190 Å². The maximum Gasteiger partial charge on any atom is 0.244 e. The highest BCUT2D eigenvalue weighted by Gasteiger charge is 2.37. The summed E-state index contributed by atoms with van der Waals surface area (Å²) in [5, 5.41) is 3.00. The number of amides is 2. The minimum atomic E-state index is -0.398. The summed E-state index contributed by atoms with van der Waals surface area (Å²) in [7, 11) is 1.63. The van der Waals surface area contributed by atoms with E-state index >= 15 is 0 Å². The second-order valence-electron chi connectivity index (χ2n) is 8.92. The Morgan fingerprint density at radius 1 is 1.03 bits per heavy atom. The maximum atomic E-state index is 13.6. The smallest absolute Gasteiger partial charge is 0.244 e. The van der Waals surface area contributed by atoms with Crippen LogP contribution in [0.1, 0.15) is 42.5 Å². The van der Waals surface area contributed by atoms with Crippen molar-refractivity contribution in [3.05, 3.63) is 65.2 Å². The molecule has 6 heteroatoms. The summed E-state index contributed by atoms with van der Waals surface area (Å²) in [6.07, 6.45) is 2.93. The van der Waals surface area contributed by atoms with E-state index in [1.165, 1.54) is 5.56 Å². The molecule has 2 aliphatic rings. The van der Waals surface area contributed by atoms with Crippen molar-refractivity contribution in [3.8, 4) is 5.75 Å². The van der Waals surface area contributed by atoms with Crippen LogP contribution in [0.5, 0.6) is 5.75 Å². The fourth-order valence-electron chi connectivity index (χ4n) is 4.76. The topological polar surface area (TPSA) is 61.9 Å². The average Bonchev–Trinajstić information content (AvgIpc) is 2.83. The molecule has 1 fully saturated rings. The van der Waals surface area contributed by atoms with Gasteiger partial charge in [-0.05, 0) is 42.4 Å². The molecular formula is C26H33N3O3. The minimum Gasteiger partial charge on any atom is -0.496 e. The number of nitrogens with one attached hydrogen (secondary N) is 1. The Kier molecular flexibility index (Phi) is 7.10. The highest BCUT2D eigenvalue weighted by Crippen LogP contribution is 2.32. The lowest BCUT2D eigenvalue weighted by atomic mass is 9.90. The first-order chi connectivity index (χ1) is 15.6. The van der Waals surface area contributed by atoms with Gasteiger partial charge < -0.3 is 15.0 Å². The number of hydrogen-bond acceptors (Lipinski definition) is 4. The fraction of sp³-hybridized carbons (Fsp3) is 0.462. The van der Waals surface area contributed by atoms with Crippen molar-refractivity contribution >= 4 is 11.8 Å². The van der Waals surface area contributed by atoms with E-state index in [-0.39, 0.29) is 18.4 Å². The molecule has 4 rings (SSSR count). The predicted molar refractivity (Wildman–Crippen MR) is 124 cm³/mol. The van der Waals surface area contributed by atoms with E-state index in [1.54, 1.807) is 7.11 Å². The summed E-state index contributed by atoms with van der Waals surface area (Å²) in [5.41, 5.74) is 3.18. The number of rotatable bonds is 6. The van der Waals surface area contributed by atoms with Gasteiger partial charge in [-0.1, -0.05) is 49.4 Å². The number of para-hydroxylation sites is 1. The van der Waals surface area contributed by atoms with Crippen molar-refractivity contribution < 1.29 is 14.3 Å². The van der Waals surface area contributed by atoms with Crippen LogP contribution in [0.3, 0.4) is 0 Å². The molecule has 0 aromatic heterocycles. The van der Waals surface area contributed by atoms with Gasteiger partial charge in [0.15, 0.2) is 0 Å². The molecule has 1 saturated heterocycles. The van der Waals surface area contributed by atoms with Gasteiger partial charge >= 0.3 is 0 Å². The number of ether oxygens (including phenoxy) is 1. The summed E-state index contributed by atoms with van der Waals surface area (Å²) in [6, 6.07) is 15.4. The molecule has 2 heterocycles. The van der Waals surface area contributed by atoms with Crippen molar-refractivity contribution in [2.75, 3.05) is 33.3 Å². The average molecular weight is 436 g/mol. The zero-order valence-corrected chi connectivity index (χ0v) is 19.0. The molecule has 32 heavy (non-hydrogen) atoms. The molecule has 170 valence electrons. The molecular weight excluding hydrogens is 402 g/mol. The summed E-state index contributed by atoms with van der Waals surface area (Å²) in [4.78, 5) is 30.5. The largest absolute Gasteiger partial charge is 0.496 e. The second kappa shape index (κ2) is 10.2. The number of nitrogens with zero attached hydrogens (tertiary/aromatic N) is 2. The monoisotopic (exact) mass is 435 g/mol. The molecule has 0 radical (unpaired) electrons. The van der Waals surface area contributed by atoms with Gasteiger partial charge in [-0.2, -0.15) is 0 Å². The summed E-state index contributed by atoms with van der Waals surface area (Å²) in [6.45, 7) is 5.13. The summed E-state index contributed by atoms with van der Waals surface area (Å²) < 4.78 is 5.38. The third kappa shape index (κ3) is 4.96. The van der Waals surface area contributed by atoms with E-state index in [0.717, 1.165) is 49.2 Å². The van der Waals surface area contributed by atoms with Crippen LogP contribution in [0.4, 0.5) is 0 Å². The van der Waals surface area contributed by atoms with E-state index in [1.807, 2.05) is 52.3 Å². The highest BCUT2D eigenvalue weighted by atomic mass is 16.5. The number of fused-ring (bicyclic) bond motifs is 1. The van der Waals surface area contributed by atoms with Crippen LogP contribution in [-0.4, -0.2) is 54.9 Å². The van der Waals surface area contributed by atoms with Crippen LogP contribution in [0.25, 0.3) is 0 Å². The zero-order valence-electron chi connectivity index (χ0n) is 19.0. The number of benzene rings is 2. The van der Waals surface area contributed by atoms with E-state index < -0.39 is 6.04 Å². The molecule has 0 bridgehead atoms. The Balaban J connectivity index is 1.47. The number of carbonyl (C=O) groups is 2. The van der Waals surface area contributed by atoms with Crippen molar-refractivity contribution in [2.24, 2.45) is 5.92 Å². The molecule has 1 atom stereocenters. The van der Waals surface area contributed by atoms with Gasteiger partial charge in [0.25, 0.3) is 0 Å². The van der Waals surface area contributed by atoms with Gasteiger partial charge in [0, 0.05) is 31.7 Å². The Morgan fingerprint density at radius 2 is 1.75 bits per heavy atom. The predicted octanol–water partition coefficient (Wildman–Crippen LogP) is 3.17. The Hall–Kier alpha value is -2.86. The minimum absolute atomic E-state index is 0.0830. The third-order valence-corrected chi connectivity index (χ3v) is 6.73. The van der Waals surface area contributed by atoms with Crippen LogP contribution >= 0.6 is 0 Å². The Morgan fingerprint density at radius 3 is 2.53 bits per heavy atom. The summed E-state index contributed by atoms with van der Waals surface area (Å²) >= 11 is 0. The van der Waals surface area contributed by atoms with Crippen molar-refractivity contribution in [1.29, 1.82) is 0 Å². The highest BCUT2D eigenvalue weighted by molar-refractivity contribution is 5.85. The lowest BCUT2D eigenvalue weighted by Crippen LogP contribution is -2.50. The summed E-state index contributed by atoms with van der Waals surface area (Å²) in [5.74, 6) is 1.46. The molecule has 1 N–H and O–H groups in total. The third-order valence-electron chi connectivity index (χ3n) is 6.73. The number of hydrogen-bond donors (Lipinski definition) is 1. The van der Waals surface area contributed by atoms with Gasteiger partial charge in [-0.25, -0.2) is 0 Å². The standard InChI is InChI=1S/C26H33N3O3/c1-19-11-14-28(15-12-19)26(31)25-22-9-5-3-7-20(22)13-16-29(25)18-24(30)27-17-21-8-4-6-10-23(21)32-2/h3-10,19,25H,11-18H2,1-2H3,(H,27,30). The second-order valence-corrected chi connectivity index (χ2v) is 8.92. The van der Waals surface area contributed by atoms with E-state index in [4.69, 9.17) is 4.74 Å². The van der Waals surface area contributed by atoms with Gasteiger partial charge in [-0.15, -0.1) is 0 Å². The molecule has 0 saturated carbocycles. The number of methoxy groups -OCH3 is 1. The lowest BCUT2D eigenvalue weighted by Gasteiger charge is -2.40. The van der Waals surface area contributed by atoms with Crippen LogP contribution < -0.4 is 10.1 Å². The van der Waals surface area contributed by atoms with Crippen molar-refractivity contribution in [3.63, 3.8) is 0 Å². The zero-order chi connectivity index (χ0) is 22.5. The molecule has 2 aromatic rings. The van der Waals surface area contributed by atoms with Crippen molar-refractivity contribution in [2.45, 2.75) is 38.8 Å². The molecule has 6 nitrogen and oxygen atoms in total. The van der Waals surface area contributed by atoms with Gasteiger partial charge in [-0.3, -0.25) is 14.5 Å². The molecule has 0 spiro atoms. The first kappa shape index (κ1) is 22.3. The lowest BCUT2D eigenvalue weighted by molar-refractivity contribution is -0.140.